The van der Waals surface area contributed by atoms with Crippen molar-refractivity contribution in [1.29, 1.82) is 0 Å². The predicted octanol–water partition coefficient (Wildman–Crippen LogP) is 2.81. The van der Waals surface area contributed by atoms with Crippen molar-refractivity contribution in [2.45, 2.75) is 45.9 Å². The van der Waals surface area contributed by atoms with Crippen molar-refractivity contribution in [2.75, 3.05) is 29.4 Å². The van der Waals surface area contributed by atoms with Crippen molar-refractivity contribution in [2.24, 2.45) is 5.92 Å². The van der Waals surface area contributed by atoms with Crippen LogP contribution in [-0.2, 0) is 20.9 Å². The third-order valence-corrected chi connectivity index (χ3v) is 5.91. The van der Waals surface area contributed by atoms with Gasteiger partial charge >= 0.3 is 0 Å². The van der Waals surface area contributed by atoms with Gasteiger partial charge in [0.25, 0.3) is 0 Å². The first-order chi connectivity index (χ1) is 15.3. The summed E-state index contributed by atoms with van der Waals surface area (Å²) in [5.41, 5.74) is 1.88. The number of carbonyl (C=O) groups excluding carboxylic acids is 2. The number of amides is 2. The Morgan fingerprint density at radius 3 is 2.59 bits per heavy atom. The number of hydrogen-bond donors (Lipinski definition) is 1. The maximum absolute atomic E-state index is 14.3. The molecular weight excluding hydrogens is 411 g/mol. The van der Waals surface area contributed by atoms with Gasteiger partial charge < -0.3 is 19.9 Å². The minimum Gasteiger partial charge on any atom is -0.372 e. The second-order valence-corrected chi connectivity index (χ2v) is 8.77. The predicted molar refractivity (Wildman–Crippen MR) is 120 cm³/mol. The van der Waals surface area contributed by atoms with Gasteiger partial charge in [-0.25, -0.2) is 9.37 Å². The van der Waals surface area contributed by atoms with Gasteiger partial charge in [0.2, 0.25) is 11.8 Å². The second-order valence-electron chi connectivity index (χ2n) is 8.77. The van der Waals surface area contributed by atoms with E-state index in [1.807, 2.05) is 12.1 Å². The van der Waals surface area contributed by atoms with Crippen LogP contribution in [0.4, 0.5) is 15.9 Å². The van der Waals surface area contributed by atoms with E-state index in [4.69, 9.17) is 4.74 Å². The number of hydrogen-bond acceptors (Lipinski definition) is 5. The Morgan fingerprint density at radius 2 is 1.94 bits per heavy atom. The van der Waals surface area contributed by atoms with E-state index in [0.717, 1.165) is 30.0 Å². The summed E-state index contributed by atoms with van der Waals surface area (Å²) in [5.74, 6) is -0.526. The van der Waals surface area contributed by atoms with Gasteiger partial charge in [0, 0.05) is 38.8 Å². The monoisotopic (exact) mass is 440 g/mol. The first-order valence-electron chi connectivity index (χ1n) is 11.0. The van der Waals surface area contributed by atoms with E-state index < -0.39 is 11.7 Å². The third kappa shape index (κ3) is 4.91. The molecule has 0 saturated carbocycles. The summed E-state index contributed by atoms with van der Waals surface area (Å²) in [4.78, 5) is 33.1. The Labute approximate surface area is 187 Å². The molecule has 4 rings (SSSR count). The van der Waals surface area contributed by atoms with Crippen LogP contribution < -0.4 is 15.1 Å². The van der Waals surface area contributed by atoms with Gasteiger partial charge in [0.1, 0.15) is 11.6 Å². The fraction of sp³-hybridized carbons (Fsp3) is 0.458. The van der Waals surface area contributed by atoms with E-state index in [0.29, 0.717) is 6.54 Å². The Balaban J connectivity index is 1.32. The quantitative estimate of drug-likeness (QED) is 0.774. The molecule has 3 heterocycles. The van der Waals surface area contributed by atoms with E-state index in [-0.39, 0.29) is 42.7 Å². The van der Waals surface area contributed by atoms with Crippen molar-refractivity contribution in [3.05, 3.63) is 53.5 Å². The fourth-order valence-corrected chi connectivity index (χ4v) is 4.35. The van der Waals surface area contributed by atoms with Crippen molar-refractivity contribution < 1.29 is 18.7 Å². The number of nitrogens with one attached hydrogen (secondary N) is 1. The number of aryl methyl sites for hydroxylation is 1. The van der Waals surface area contributed by atoms with Crippen LogP contribution in [0.15, 0.2) is 36.5 Å². The topological polar surface area (TPSA) is 74.8 Å². The van der Waals surface area contributed by atoms with Crippen molar-refractivity contribution in [3.8, 4) is 0 Å². The molecule has 8 heteroatoms. The molecule has 2 amide bonds. The summed E-state index contributed by atoms with van der Waals surface area (Å²) in [6, 6.07) is 8.64. The maximum atomic E-state index is 14.3. The lowest BCUT2D eigenvalue weighted by atomic mass is 10.1. The first kappa shape index (κ1) is 22.2. The SMILES string of the molecule is Cc1ccc(N2CC(C(=O)NCc3ccc(N4CC(C)OC(C)C4)nc3)CC2=O)c(F)c1. The van der Waals surface area contributed by atoms with Crippen LogP contribution in [0.25, 0.3) is 0 Å². The molecule has 1 aromatic carbocycles. The van der Waals surface area contributed by atoms with E-state index in [1.165, 1.54) is 11.0 Å². The molecule has 3 unspecified atom stereocenters. The molecule has 170 valence electrons. The van der Waals surface area contributed by atoms with Crippen LogP contribution >= 0.6 is 0 Å². The molecule has 32 heavy (non-hydrogen) atoms. The molecule has 0 radical (unpaired) electrons. The highest BCUT2D eigenvalue weighted by molar-refractivity contribution is 6.00. The van der Waals surface area contributed by atoms with Crippen molar-refractivity contribution in [1.82, 2.24) is 10.3 Å². The van der Waals surface area contributed by atoms with Crippen LogP contribution in [0.5, 0.6) is 0 Å². The number of ether oxygens (including phenoxy) is 1. The zero-order chi connectivity index (χ0) is 22.8. The molecular formula is C24H29FN4O3. The van der Waals surface area contributed by atoms with Gasteiger partial charge in [-0.1, -0.05) is 12.1 Å². The number of nitrogens with zero attached hydrogens (tertiary/aromatic N) is 3. The smallest absolute Gasteiger partial charge is 0.227 e. The average molecular weight is 441 g/mol. The third-order valence-electron chi connectivity index (χ3n) is 5.91. The molecule has 2 fully saturated rings. The number of benzene rings is 1. The number of halogens is 1. The number of rotatable bonds is 5. The van der Waals surface area contributed by atoms with Gasteiger partial charge in [-0.3, -0.25) is 9.59 Å². The molecule has 1 N–H and O–H groups in total. The maximum Gasteiger partial charge on any atom is 0.227 e. The highest BCUT2D eigenvalue weighted by Gasteiger charge is 2.36. The number of pyridine rings is 1. The highest BCUT2D eigenvalue weighted by atomic mass is 19.1. The van der Waals surface area contributed by atoms with Gasteiger partial charge in [0.05, 0.1) is 23.8 Å². The minimum atomic E-state index is -0.508. The van der Waals surface area contributed by atoms with Crippen molar-refractivity contribution in [3.63, 3.8) is 0 Å². The lowest BCUT2D eigenvalue weighted by Crippen LogP contribution is -2.45. The van der Waals surface area contributed by atoms with E-state index >= 15 is 0 Å². The van der Waals surface area contributed by atoms with Crippen LogP contribution in [0.2, 0.25) is 0 Å². The molecule has 0 bridgehead atoms. The van der Waals surface area contributed by atoms with E-state index in [1.54, 1.807) is 25.3 Å². The standard InChI is InChI=1S/C24H29FN4O3/c1-15-4-6-21(20(25)8-15)29-14-19(9-23(29)30)24(31)27-11-18-5-7-22(26-10-18)28-12-16(2)32-17(3)13-28/h4-8,10,16-17,19H,9,11-14H2,1-3H3,(H,27,31). The summed E-state index contributed by atoms with van der Waals surface area (Å²) in [6.07, 6.45) is 2.14. The molecule has 2 aromatic rings. The largest absolute Gasteiger partial charge is 0.372 e. The number of carbonyl (C=O) groups is 2. The van der Waals surface area contributed by atoms with Gasteiger partial charge in [0.15, 0.2) is 0 Å². The van der Waals surface area contributed by atoms with Crippen molar-refractivity contribution >= 4 is 23.3 Å². The summed E-state index contributed by atoms with van der Waals surface area (Å²) in [5, 5.41) is 2.89. The number of morpholine rings is 1. The molecule has 3 atom stereocenters. The zero-order valence-corrected chi connectivity index (χ0v) is 18.7. The van der Waals surface area contributed by atoms with Crippen LogP contribution in [0.3, 0.4) is 0 Å². The summed E-state index contributed by atoms with van der Waals surface area (Å²) in [6.45, 7) is 7.98. The molecule has 2 aliphatic rings. The lowest BCUT2D eigenvalue weighted by Gasteiger charge is -2.36. The fourth-order valence-electron chi connectivity index (χ4n) is 4.35. The number of aromatic nitrogens is 1. The molecule has 2 aliphatic heterocycles. The van der Waals surface area contributed by atoms with Gasteiger partial charge in [-0.15, -0.1) is 0 Å². The van der Waals surface area contributed by atoms with Crippen LogP contribution in [0.1, 0.15) is 31.4 Å². The first-order valence-corrected chi connectivity index (χ1v) is 11.0. The Bertz CT molecular complexity index is 987. The summed E-state index contributed by atoms with van der Waals surface area (Å²) in [7, 11) is 0. The Hall–Kier alpha value is -3.00. The van der Waals surface area contributed by atoms with Crippen LogP contribution in [0, 0.1) is 18.7 Å². The Kier molecular flexibility index (Phi) is 6.41. The lowest BCUT2D eigenvalue weighted by molar-refractivity contribution is -0.126. The molecule has 1 aromatic heterocycles. The minimum absolute atomic E-state index is 0.0732. The van der Waals surface area contributed by atoms with Gasteiger partial charge in [-0.2, -0.15) is 0 Å². The number of anilines is 2. The molecule has 7 nitrogen and oxygen atoms in total. The van der Waals surface area contributed by atoms with E-state index in [9.17, 15) is 14.0 Å². The van der Waals surface area contributed by atoms with Gasteiger partial charge in [-0.05, 0) is 50.1 Å². The Morgan fingerprint density at radius 1 is 1.19 bits per heavy atom. The normalized spacial score (nSPS) is 23.5. The molecule has 2 saturated heterocycles. The molecule has 0 spiro atoms. The summed E-state index contributed by atoms with van der Waals surface area (Å²) >= 11 is 0. The molecule has 0 aliphatic carbocycles. The van der Waals surface area contributed by atoms with Crippen LogP contribution in [-0.4, -0.2) is 48.6 Å². The zero-order valence-electron chi connectivity index (χ0n) is 18.7. The average Bonchev–Trinajstić information content (AvgIpc) is 3.13. The second kappa shape index (κ2) is 9.24. The summed E-state index contributed by atoms with van der Waals surface area (Å²) < 4.78 is 20.0. The van der Waals surface area contributed by atoms with E-state index in [2.05, 4.69) is 29.0 Å². The highest BCUT2D eigenvalue weighted by Crippen LogP contribution is 2.28.